The van der Waals surface area contributed by atoms with E-state index in [1.54, 1.807) is 0 Å². The molecule has 2 aliphatic carbocycles. The van der Waals surface area contributed by atoms with Crippen LogP contribution in [0.1, 0.15) is 39.5 Å². The fraction of sp³-hybridized carbons (Fsp3) is 0.720. The lowest BCUT2D eigenvalue weighted by Gasteiger charge is -2.43. The Balaban J connectivity index is 1.21. The Kier molecular flexibility index (Phi) is 6.90. The topological polar surface area (TPSA) is 42.9 Å². The van der Waals surface area contributed by atoms with Gasteiger partial charge >= 0.3 is 0 Å². The number of piperazine rings is 1. The standard InChI is InChI=1S/C25H37Cl2N5/c1-16-3-6-23-24(16)25(30-15-29-23)32-9-7-31(8-10-32)14-17(2)19-12-28-13-20(19)18-4-5-21(26)22(27)11-18/h11,14-16,19-20,23-25,28H,3-10,12-13H2,1-2H3,(H,29,30)/b17-14+/t16?,19-,20?,23?,24?,25?/m1/s1. The van der Waals surface area contributed by atoms with E-state index in [1.165, 1.54) is 24.0 Å². The van der Waals surface area contributed by atoms with Crippen LogP contribution in [0.2, 0.25) is 0 Å². The predicted molar refractivity (Wildman–Crippen MR) is 134 cm³/mol. The van der Waals surface area contributed by atoms with Crippen molar-refractivity contribution >= 4 is 29.5 Å². The van der Waals surface area contributed by atoms with Gasteiger partial charge in [-0.3, -0.25) is 9.89 Å². The molecule has 5 unspecified atom stereocenters. The third kappa shape index (κ3) is 4.51. The molecule has 5 rings (SSSR count). The maximum Gasteiger partial charge on any atom is 0.109 e. The van der Waals surface area contributed by atoms with Crippen molar-refractivity contribution in [2.75, 3.05) is 39.3 Å². The van der Waals surface area contributed by atoms with Gasteiger partial charge in [-0.1, -0.05) is 41.3 Å². The van der Waals surface area contributed by atoms with Crippen molar-refractivity contribution in [3.8, 4) is 0 Å². The molecule has 0 amide bonds. The zero-order valence-electron chi connectivity index (χ0n) is 19.4. The number of nitrogens with one attached hydrogen (secondary N) is 2. The minimum Gasteiger partial charge on any atom is -0.375 e. The van der Waals surface area contributed by atoms with E-state index < -0.39 is 0 Å². The van der Waals surface area contributed by atoms with Gasteiger partial charge < -0.3 is 15.5 Å². The maximum atomic E-state index is 6.35. The van der Waals surface area contributed by atoms with Crippen molar-refractivity contribution in [1.82, 2.24) is 20.4 Å². The van der Waals surface area contributed by atoms with Gasteiger partial charge in [0.15, 0.2) is 0 Å². The first-order valence-electron chi connectivity index (χ1n) is 12.4. The molecule has 0 spiro atoms. The van der Waals surface area contributed by atoms with Crippen molar-refractivity contribution < 1.29 is 0 Å². The number of allylic oxidation sites excluding steroid dienone is 3. The SMILES string of the molecule is C/C(=C\N1CCN(C2N=CNC3CCC(C)C32)CC1)[C@H]1CNCC1C1=CC(Cl)=C(Cl)CC1. The van der Waals surface area contributed by atoms with E-state index in [0.717, 1.165) is 68.1 Å². The van der Waals surface area contributed by atoms with Crippen LogP contribution in [0.4, 0.5) is 0 Å². The Morgan fingerprint density at radius 3 is 2.72 bits per heavy atom. The van der Waals surface area contributed by atoms with Gasteiger partial charge in [-0.2, -0.15) is 0 Å². The lowest BCUT2D eigenvalue weighted by atomic mass is 9.81. The van der Waals surface area contributed by atoms with E-state index in [2.05, 4.69) is 46.6 Å². The first-order valence-corrected chi connectivity index (χ1v) is 13.2. The van der Waals surface area contributed by atoms with Gasteiger partial charge in [0.25, 0.3) is 0 Å². The molecule has 3 fully saturated rings. The van der Waals surface area contributed by atoms with E-state index in [-0.39, 0.29) is 0 Å². The van der Waals surface area contributed by atoms with Crippen LogP contribution in [0.15, 0.2) is 38.5 Å². The number of fused-ring (bicyclic) bond motifs is 1. The van der Waals surface area contributed by atoms with Gasteiger partial charge in [-0.05, 0) is 50.8 Å². The van der Waals surface area contributed by atoms with Crippen LogP contribution >= 0.6 is 23.2 Å². The van der Waals surface area contributed by atoms with Crippen molar-refractivity contribution in [3.63, 3.8) is 0 Å². The Bertz CT molecular complexity index is 826. The normalized spacial score (nSPS) is 38.7. The Hall–Kier alpha value is -1.01. The zero-order valence-corrected chi connectivity index (χ0v) is 20.9. The monoisotopic (exact) mass is 477 g/mol. The largest absolute Gasteiger partial charge is 0.375 e. The minimum absolute atomic E-state index is 0.359. The summed E-state index contributed by atoms with van der Waals surface area (Å²) in [6.07, 6.45) is 11.4. The smallest absolute Gasteiger partial charge is 0.109 e. The fourth-order valence-corrected chi connectivity index (χ4v) is 7.00. The van der Waals surface area contributed by atoms with E-state index in [1.807, 2.05) is 6.34 Å². The Labute approximate surface area is 203 Å². The fourth-order valence-electron chi connectivity index (χ4n) is 6.61. The molecule has 0 radical (unpaired) electrons. The summed E-state index contributed by atoms with van der Waals surface area (Å²) in [4.78, 5) is 10.0. The van der Waals surface area contributed by atoms with E-state index >= 15 is 0 Å². The van der Waals surface area contributed by atoms with Gasteiger partial charge in [-0.15, -0.1) is 0 Å². The second-order valence-electron chi connectivity index (χ2n) is 10.4. The van der Waals surface area contributed by atoms with Gasteiger partial charge in [0.1, 0.15) is 6.17 Å². The van der Waals surface area contributed by atoms with Gasteiger partial charge in [-0.25, -0.2) is 0 Å². The highest BCUT2D eigenvalue weighted by Gasteiger charge is 2.43. The van der Waals surface area contributed by atoms with Crippen LogP contribution in [-0.4, -0.2) is 67.6 Å². The second-order valence-corrected chi connectivity index (χ2v) is 11.2. The first kappa shape index (κ1) is 22.8. The number of rotatable bonds is 4. The highest BCUT2D eigenvalue weighted by molar-refractivity contribution is 6.40. The average molecular weight is 479 g/mol. The minimum atomic E-state index is 0.359. The van der Waals surface area contributed by atoms with Gasteiger partial charge in [0, 0.05) is 68.1 Å². The highest BCUT2D eigenvalue weighted by atomic mass is 35.5. The second kappa shape index (κ2) is 9.69. The summed E-state index contributed by atoms with van der Waals surface area (Å²) in [5.74, 6) is 2.48. The predicted octanol–water partition coefficient (Wildman–Crippen LogP) is 4.13. The summed E-state index contributed by atoms with van der Waals surface area (Å²) >= 11 is 12.6. The molecule has 5 nitrogen and oxygen atoms in total. The van der Waals surface area contributed by atoms with Crippen LogP contribution < -0.4 is 10.6 Å². The number of nitrogens with zero attached hydrogens (tertiary/aromatic N) is 3. The van der Waals surface area contributed by atoms with E-state index in [9.17, 15) is 0 Å². The molecule has 7 heteroatoms. The summed E-state index contributed by atoms with van der Waals surface area (Å²) in [5, 5.41) is 8.67. The van der Waals surface area contributed by atoms with Crippen LogP contribution in [0, 0.1) is 23.7 Å². The molecule has 0 bridgehead atoms. The summed E-state index contributed by atoms with van der Waals surface area (Å²) in [7, 11) is 0. The lowest BCUT2D eigenvalue weighted by molar-refractivity contribution is 0.0697. The molecule has 3 heterocycles. The van der Waals surface area contributed by atoms with Gasteiger partial charge in [0.2, 0.25) is 0 Å². The van der Waals surface area contributed by atoms with Crippen LogP contribution in [-0.2, 0) is 0 Å². The first-order chi connectivity index (χ1) is 15.5. The summed E-state index contributed by atoms with van der Waals surface area (Å²) in [5.41, 5.74) is 2.94. The van der Waals surface area contributed by atoms with E-state index in [4.69, 9.17) is 28.2 Å². The molecule has 3 aliphatic heterocycles. The molecule has 1 saturated carbocycles. The third-order valence-electron chi connectivity index (χ3n) is 8.50. The highest BCUT2D eigenvalue weighted by Crippen LogP contribution is 2.39. The molecule has 0 aromatic heterocycles. The third-order valence-corrected chi connectivity index (χ3v) is 9.33. The Morgan fingerprint density at radius 1 is 1.12 bits per heavy atom. The quantitative estimate of drug-likeness (QED) is 0.638. The van der Waals surface area contributed by atoms with Crippen LogP contribution in [0.5, 0.6) is 0 Å². The summed E-state index contributed by atoms with van der Waals surface area (Å²) < 4.78 is 0. The van der Waals surface area contributed by atoms with Crippen LogP contribution in [0.3, 0.4) is 0 Å². The Morgan fingerprint density at radius 2 is 1.94 bits per heavy atom. The maximum absolute atomic E-state index is 6.35. The van der Waals surface area contributed by atoms with Crippen molar-refractivity contribution in [3.05, 3.63) is 33.5 Å². The van der Waals surface area contributed by atoms with Crippen molar-refractivity contribution in [2.45, 2.75) is 51.7 Å². The number of aliphatic imine (C=N–C) groups is 1. The molecule has 6 atom stereocenters. The number of halogens is 2. The molecule has 2 N–H and O–H groups in total. The molecule has 0 aromatic carbocycles. The summed E-state index contributed by atoms with van der Waals surface area (Å²) in [6.45, 7) is 11.2. The molecule has 2 saturated heterocycles. The van der Waals surface area contributed by atoms with Crippen molar-refractivity contribution in [2.24, 2.45) is 28.7 Å². The van der Waals surface area contributed by atoms with Crippen molar-refractivity contribution in [1.29, 1.82) is 0 Å². The number of hydrogen-bond donors (Lipinski definition) is 2. The molecule has 32 heavy (non-hydrogen) atoms. The lowest BCUT2D eigenvalue weighted by Crippen LogP contribution is -2.56. The van der Waals surface area contributed by atoms with Crippen LogP contribution in [0.25, 0.3) is 0 Å². The van der Waals surface area contributed by atoms with Gasteiger partial charge in [0.05, 0.1) is 11.4 Å². The zero-order chi connectivity index (χ0) is 22.2. The number of hydrogen-bond acceptors (Lipinski definition) is 5. The molecular weight excluding hydrogens is 441 g/mol. The molecule has 0 aromatic rings. The molecule has 176 valence electrons. The summed E-state index contributed by atoms with van der Waals surface area (Å²) in [6, 6.07) is 0.617. The van der Waals surface area contributed by atoms with E-state index in [0.29, 0.717) is 30.0 Å². The molecular formula is C25H37Cl2N5. The molecule has 5 aliphatic rings. The average Bonchev–Trinajstić information content (AvgIpc) is 3.44.